The van der Waals surface area contributed by atoms with Crippen molar-refractivity contribution in [1.29, 1.82) is 0 Å². The molecular formula is C3H9O4Ti. The summed E-state index contributed by atoms with van der Waals surface area (Å²) in [4.78, 5) is 0. The fourth-order valence-electron chi connectivity index (χ4n) is 0. The summed E-state index contributed by atoms with van der Waals surface area (Å²) < 4.78 is 15.8. The summed E-state index contributed by atoms with van der Waals surface area (Å²) in [5, 5.41) is 16.0. The molecule has 1 atom stereocenters. The molecule has 0 aromatic carbocycles. The van der Waals surface area contributed by atoms with Crippen molar-refractivity contribution >= 4 is 0 Å². The van der Waals surface area contributed by atoms with Crippen LogP contribution in [0, 0.1) is 0 Å². The molecule has 0 rings (SSSR count). The summed E-state index contributed by atoms with van der Waals surface area (Å²) in [7, 11) is 0. The fourth-order valence-corrected chi connectivity index (χ4v) is 0. The van der Waals surface area contributed by atoms with Gasteiger partial charge < -0.3 is 10.2 Å². The van der Waals surface area contributed by atoms with E-state index in [0.29, 0.717) is 0 Å². The van der Waals surface area contributed by atoms with Crippen molar-refractivity contribution < 1.29 is 36.7 Å². The van der Waals surface area contributed by atoms with Gasteiger partial charge in [-0.2, -0.15) is 0 Å². The van der Waals surface area contributed by atoms with Gasteiger partial charge in [-0.15, -0.1) is 0 Å². The molecule has 0 aliphatic carbocycles. The molecule has 0 heterocycles. The van der Waals surface area contributed by atoms with Crippen LogP contribution in [0.15, 0.2) is 0 Å². The van der Waals surface area contributed by atoms with Crippen LogP contribution in [0.3, 0.4) is 0 Å². The first-order valence-electron chi connectivity index (χ1n) is 1.99. The zero-order valence-corrected chi connectivity index (χ0v) is 6.10. The van der Waals surface area contributed by atoms with Crippen LogP contribution in [0.2, 0.25) is 0 Å². The van der Waals surface area contributed by atoms with Crippen LogP contribution in [0.25, 0.3) is 0 Å². The molecule has 0 spiro atoms. The van der Waals surface area contributed by atoms with Crippen LogP contribution in [0.5, 0.6) is 0 Å². The van der Waals surface area contributed by atoms with Gasteiger partial charge in [0.2, 0.25) is 0 Å². The molecular weight excluding hydrogens is 148 g/mol. The van der Waals surface area contributed by atoms with Gasteiger partial charge in [0.15, 0.2) is 0 Å². The molecule has 8 heavy (non-hydrogen) atoms. The van der Waals surface area contributed by atoms with E-state index >= 15 is 0 Å². The topological polar surface area (TPSA) is 77.8 Å². The second kappa shape index (κ2) is 10.4. The zero-order valence-electron chi connectivity index (χ0n) is 4.53. The second-order valence-electron chi connectivity index (χ2n) is 1.12. The van der Waals surface area contributed by atoms with Gasteiger partial charge in [-0.05, 0) is 6.92 Å². The van der Waals surface area contributed by atoms with E-state index < -0.39 is 25.6 Å². The van der Waals surface area contributed by atoms with Crippen LogP contribution in [-0.4, -0.2) is 26.6 Å². The Hall–Kier alpha value is 0.394. The third kappa shape index (κ3) is 32.5. The van der Waals surface area contributed by atoms with Crippen molar-refractivity contribution in [2.75, 3.05) is 6.61 Å². The maximum atomic E-state index is 8.61. The Labute approximate surface area is 56.9 Å². The van der Waals surface area contributed by atoms with E-state index in [1.165, 1.54) is 6.92 Å². The average molecular weight is 157 g/mol. The van der Waals surface area contributed by atoms with Gasteiger partial charge >= 0.3 is 26.5 Å². The third-order valence-corrected chi connectivity index (χ3v) is 0.264. The van der Waals surface area contributed by atoms with E-state index in [2.05, 4.69) is 0 Å². The predicted octanol–water partition coefficient (Wildman–Crippen LogP) is -1.32. The summed E-state index contributed by atoms with van der Waals surface area (Å²) in [6, 6.07) is 0. The van der Waals surface area contributed by atoms with E-state index in [1.807, 2.05) is 0 Å². The van der Waals surface area contributed by atoms with Crippen molar-refractivity contribution in [3.63, 3.8) is 0 Å². The number of aliphatic hydroxyl groups is 2. The van der Waals surface area contributed by atoms with E-state index in [9.17, 15) is 0 Å². The summed E-state index contributed by atoms with van der Waals surface area (Å²) in [6.45, 7) is 1.39. The first-order chi connectivity index (χ1) is 3.68. The molecule has 5 heteroatoms. The molecule has 0 aromatic heterocycles. The van der Waals surface area contributed by atoms with Gasteiger partial charge in [0.1, 0.15) is 0 Å². The van der Waals surface area contributed by atoms with Crippen LogP contribution >= 0.6 is 0 Å². The predicted molar refractivity (Wildman–Crippen MR) is 21.7 cm³/mol. The Balaban J connectivity index is 0. The van der Waals surface area contributed by atoms with E-state index in [1.54, 1.807) is 0 Å². The molecule has 0 fully saturated rings. The van der Waals surface area contributed by atoms with Gasteiger partial charge in [-0.3, -0.25) is 0 Å². The normalized spacial score (nSPS) is 10.5. The summed E-state index contributed by atoms with van der Waals surface area (Å²) in [5.41, 5.74) is 0. The molecule has 0 amide bonds. The van der Waals surface area contributed by atoms with Crippen LogP contribution in [0.4, 0.5) is 0 Å². The van der Waals surface area contributed by atoms with Crippen molar-refractivity contribution in [2.45, 2.75) is 13.0 Å². The first-order valence-corrected chi connectivity index (χ1v) is 3.32. The van der Waals surface area contributed by atoms with E-state index in [4.69, 9.17) is 17.2 Å². The Morgan fingerprint density at radius 2 is 1.88 bits per heavy atom. The molecule has 0 aromatic rings. The monoisotopic (exact) mass is 157 g/mol. The Kier molecular flexibility index (Phi) is 14.6. The quantitative estimate of drug-likeness (QED) is 0.412. The van der Waals surface area contributed by atoms with E-state index in [-0.39, 0.29) is 6.61 Å². The van der Waals surface area contributed by atoms with Crippen molar-refractivity contribution in [1.82, 2.24) is 0 Å². The van der Waals surface area contributed by atoms with Gasteiger partial charge in [0, 0.05) is 0 Å². The van der Waals surface area contributed by atoms with Gasteiger partial charge in [-0.25, -0.2) is 0 Å². The minimum atomic E-state index is -1.75. The summed E-state index contributed by atoms with van der Waals surface area (Å²) in [6.07, 6.45) is -0.560. The zero-order chi connectivity index (χ0) is 6.99. The summed E-state index contributed by atoms with van der Waals surface area (Å²) in [5.74, 6) is 0. The molecule has 0 radical (unpaired) electrons. The van der Waals surface area contributed by atoms with Gasteiger partial charge in [0.25, 0.3) is 0 Å². The molecule has 0 saturated heterocycles. The standard InChI is InChI=1S/C3H8O2.H2O.O.Ti/c1-3(5)2-4;;;/h3-5H,2H2,1H3;1H2;;/q;;;+1/p-1. The molecule has 0 aliphatic heterocycles. The third-order valence-electron chi connectivity index (χ3n) is 0.264. The Morgan fingerprint density at radius 1 is 1.75 bits per heavy atom. The van der Waals surface area contributed by atoms with Crippen molar-refractivity contribution in [3.05, 3.63) is 0 Å². The molecule has 0 bridgehead atoms. The summed E-state index contributed by atoms with van der Waals surface area (Å²) >= 11 is -1.75. The van der Waals surface area contributed by atoms with Gasteiger partial charge in [-0.1, -0.05) is 0 Å². The second-order valence-corrected chi connectivity index (χ2v) is 1.41. The first kappa shape index (κ1) is 11.2. The number of hydrogen-bond acceptors (Lipinski definition) is 3. The maximum absolute atomic E-state index is 8.61. The average Bonchev–Trinajstić information content (AvgIpc) is 1.69. The number of hydrogen-bond donors (Lipinski definition) is 3. The Bertz CT molecular complexity index is 46.5. The molecule has 4 nitrogen and oxygen atoms in total. The SMILES string of the molecule is CC(O)CO.[O]=[Ti][OH]. The van der Waals surface area contributed by atoms with E-state index in [0.717, 1.165) is 0 Å². The van der Waals surface area contributed by atoms with Crippen molar-refractivity contribution in [3.8, 4) is 0 Å². The molecule has 1 unspecified atom stereocenters. The Morgan fingerprint density at radius 3 is 1.88 bits per heavy atom. The molecule has 0 aliphatic rings. The number of rotatable bonds is 1. The number of aliphatic hydroxyl groups excluding tert-OH is 2. The van der Waals surface area contributed by atoms with Crippen LogP contribution in [-0.2, 0) is 22.8 Å². The molecule has 49 valence electrons. The van der Waals surface area contributed by atoms with Crippen LogP contribution < -0.4 is 0 Å². The fraction of sp³-hybridized carbons (Fsp3) is 1.00. The molecule has 0 saturated carbocycles. The molecule has 3 N–H and O–H groups in total. The van der Waals surface area contributed by atoms with Gasteiger partial charge in [0.05, 0.1) is 12.7 Å². The van der Waals surface area contributed by atoms with Crippen LogP contribution in [0.1, 0.15) is 6.92 Å². The van der Waals surface area contributed by atoms with Crippen molar-refractivity contribution in [2.24, 2.45) is 0 Å². The minimum absolute atomic E-state index is 0.139.